The van der Waals surface area contributed by atoms with E-state index in [1.165, 1.54) is 6.26 Å². The van der Waals surface area contributed by atoms with Gasteiger partial charge in [0, 0.05) is 11.8 Å². The minimum Gasteiger partial charge on any atom is -0.481 e. The average Bonchev–Trinajstić information content (AvgIpc) is 2.74. The Morgan fingerprint density at radius 2 is 1.80 bits per heavy atom. The molecular weight excluding hydrogens is 378 g/mol. The Morgan fingerprint density at radius 3 is 2.57 bits per heavy atom. The van der Waals surface area contributed by atoms with Gasteiger partial charge in [-0.05, 0) is 49.2 Å². The van der Waals surface area contributed by atoms with Crippen LogP contribution in [0.2, 0.25) is 0 Å². The van der Waals surface area contributed by atoms with E-state index in [-0.39, 0.29) is 11.3 Å². The smallest absolute Gasteiger partial charge is 0.265 e. The summed E-state index contributed by atoms with van der Waals surface area (Å²) in [5.41, 5.74) is 3.37. The Hall–Kier alpha value is -3.86. The fourth-order valence-corrected chi connectivity index (χ4v) is 3.22. The van der Waals surface area contributed by atoms with Gasteiger partial charge in [-0.3, -0.25) is 9.59 Å². The van der Waals surface area contributed by atoms with Gasteiger partial charge in [-0.15, -0.1) is 0 Å². The van der Waals surface area contributed by atoms with Gasteiger partial charge in [-0.2, -0.15) is 0 Å². The number of fused-ring (bicyclic) bond motifs is 1. The second-order valence-electron chi connectivity index (χ2n) is 7.12. The van der Waals surface area contributed by atoms with Gasteiger partial charge in [0.25, 0.3) is 5.91 Å². The van der Waals surface area contributed by atoms with Crippen LogP contribution in [0.15, 0.2) is 88.3 Å². The number of carbonyl (C=O) groups is 1. The van der Waals surface area contributed by atoms with Crippen LogP contribution in [0.5, 0.6) is 5.75 Å². The highest BCUT2D eigenvalue weighted by Gasteiger charge is 2.16. The van der Waals surface area contributed by atoms with E-state index in [2.05, 4.69) is 5.32 Å². The van der Waals surface area contributed by atoms with E-state index in [0.29, 0.717) is 28.0 Å². The molecule has 3 aromatic carbocycles. The number of amides is 1. The summed E-state index contributed by atoms with van der Waals surface area (Å²) >= 11 is 0. The Kier molecular flexibility index (Phi) is 5.35. The fraction of sp³-hybridized carbons (Fsp3) is 0.120. The van der Waals surface area contributed by atoms with Crippen LogP contribution in [0.25, 0.3) is 22.1 Å². The molecular formula is C25H21NO4. The van der Waals surface area contributed by atoms with Crippen LogP contribution in [0.3, 0.4) is 0 Å². The Labute approximate surface area is 173 Å². The van der Waals surface area contributed by atoms with Crippen molar-refractivity contribution in [3.63, 3.8) is 0 Å². The summed E-state index contributed by atoms with van der Waals surface area (Å²) in [6.07, 6.45) is 0.732. The zero-order chi connectivity index (χ0) is 21.1. The maximum absolute atomic E-state index is 12.8. The molecule has 0 aliphatic heterocycles. The van der Waals surface area contributed by atoms with E-state index in [0.717, 1.165) is 11.1 Å². The predicted molar refractivity (Wildman–Crippen MR) is 118 cm³/mol. The number of rotatable bonds is 5. The summed E-state index contributed by atoms with van der Waals surface area (Å²) in [5, 5.41) is 3.30. The third-order valence-corrected chi connectivity index (χ3v) is 4.80. The zero-order valence-electron chi connectivity index (χ0n) is 16.7. The summed E-state index contributed by atoms with van der Waals surface area (Å²) < 4.78 is 11.5. The largest absolute Gasteiger partial charge is 0.481 e. The van der Waals surface area contributed by atoms with Crippen LogP contribution in [0.4, 0.5) is 5.69 Å². The lowest BCUT2D eigenvalue weighted by Crippen LogP contribution is -2.30. The Morgan fingerprint density at radius 1 is 1.00 bits per heavy atom. The van der Waals surface area contributed by atoms with E-state index in [1.807, 2.05) is 61.5 Å². The van der Waals surface area contributed by atoms with Crippen molar-refractivity contribution in [3.8, 4) is 16.9 Å². The number of hydrogen-bond donors (Lipinski definition) is 1. The number of nitrogens with one attached hydrogen (secondary N) is 1. The lowest BCUT2D eigenvalue weighted by Gasteiger charge is -2.15. The minimum absolute atomic E-state index is 0.112. The molecule has 0 bridgehead atoms. The molecule has 0 fully saturated rings. The minimum atomic E-state index is -0.724. The Bertz CT molecular complexity index is 1260. The van der Waals surface area contributed by atoms with E-state index < -0.39 is 6.10 Å². The molecule has 0 unspecified atom stereocenters. The molecule has 0 radical (unpaired) electrons. The highest BCUT2D eigenvalue weighted by atomic mass is 16.5. The van der Waals surface area contributed by atoms with Gasteiger partial charge in [0.1, 0.15) is 17.6 Å². The number of hydrogen-bond acceptors (Lipinski definition) is 4. The first-order valence-corrected chi connectivity index (χ1v) is 9.66. The Balaban J connectivity index is 1.53. The number of ether oxygens (including phenoxy) is 1. The van der Waals surface area contributed by atoms with Crippen molar-refractivity contribution in [2.45, 2.75) is 20.0 Å². The first-order chi connectivity index (χ1) is 14.5. The van der Waals surface area contributed by atoms with Gasteiger partial charge >= 0.3 is 0 Å². The van der Waals surface area contributed by atoms with E-state index in [9.17, 15) is 9.59 Å². The summed E-state index contributed by atoms with van der Waals surface area (Å²) in [4.78, 5) is 25.3. The quantitative estimate of drug-likeness (QED) is 0.502. The fourth-order valence-electron chi connectivity index (χ4n) is 3.22. The standard InChI is InChI=1S/C25H21NO4/c1-16-7-6-10-19(13-16)26-25(28)17(2)30-20-11-12-21-23(14-20)29-15-22(24(21)27)18-8-4-3-5-9-18/h3-15,17H,1-2H3,(H,26,28)/t17-/m1/s1. The van der Waals surface area contributed by atoms with Crippen LogP contribution in [-0.4, -0.2) is 12.0 Å². The molecule has 150 valence electrons. The van der Waals surface area contributed by atoms with Crippen molar-refractivity contribution in [1.82, 2.24) is 0 Å². The van der Waals surface area contributed by atoms with Crippen molar-refractivity contribution in [2.75, 3.05) is 5.32 Å². The van der Waals surface area contributed by atoms with Gasteiger partial charge in [-0.1, -0.05) is 42.5 Å². The van der Waals surface area contributed by atoms with Crippen molar-refractivity contribution >= 4 is 22.6 Å². The highest BCUT2D eigenvalue weighted by molar-refractivity contribution is 5.94. The van der Waals surface area contributed by atoms with Crippen LogP contribution in [0, 0.1) is 6.92 Å². The van der Waals surface area contributed by atoms with Crippen molar-refractivity contribution < 1.29 is 13.9 Å². The first-order valence-electron chi connectivity index (χ1n) is 9.66. The van der Waals surface area contributed by atoms with Crippen molar-refractivity contribution in [3.05, 3.63) is 94.8 Å². The molecule has 5 nitrogen and oxygen atoms in total. The lowest BCUT2D eigenvalue weighted by atomic mass is 10.1. The van der Waals surface area contributed by atoms with Crippen LogP contribution in [-0.2, 0) is 4.79 Å². The van der Waals surface area contributed by atoms with Gasteiger partial charge in [0.15, 0.2) is 11.5 Å². The van der Waals surface area contributed by atoms with E-state index in [4.69, 9.17) is 9.15 Å². The molecule has 1 aromatic heterocycles. The molecule has 0 spiro atoms. The van der Waals surface area contributed by atoms with E-state index >= 15 is 0 Å². The molecule has 30 heavy (non-hydrogen) atoms. The molecule has 1 amide bonds. The molecule has 5 heteroatoms. The van der Waals surface area contributed by atoms with Gasteiger partial charge < -0.3 is 14.5 Å². The maximum atomic E-state index is 12.8. The summed E-state index contributed by atoms with van der Waals surface area (Å²) in [5.74, 6) is 0.187. The second-order valence-corrected chi connectivity index (χ2v) is 7.12. The number of carbonyl (C=O) groups excluding carboxylic acids is 1. The van der Waals surface area contributed by atoms with Gasteiger partial charge in [0.05, 0.1) is 10.9 Å². The zero-order valence-corrected chi connectivity index (χ0v) is 16.7. The maximum Gasteiger partial charge on any atom is 0.265 e. The third-order valence-electron chi connectivity index (χ3n) is 4.80. The number of anilines is 1. The molecule has 0 aliphatic carbocycles. The molecule has 0 aliphatic rings. The van der Waals surface area contributed by atoms with Crippen LogP contribution >= 0.6 is 0 Å². The molecule has 1 heterocycles. The summed E-state index contributed by atoms with van der Waals surface area (Å²) in [6, 6.07) is 21.9. The molecule has 1 N–H and O–H groups in total. The highest BCUT2D eigenvalue weighted by Crippen LogP contribution is 2.24. The molecule has 4 aromatic rings. The normalized spacial score (nSPS) is 11.8. The predicted octanol–water partition coefficient (Wildman–Crippen LogP) is 5.17. The molecule has 4 rings (SSSR count). The van der Waals surface area contributed by atoms with Crippen LogP contribution < -0.4 is 15.5 Å². The second kappa shape index (κ2) is 8.25. The monoisotopic (exact) mass is 399 g/mol. The van der Waals surface area contributed by atoms with Crippen molar-refractivity contribution in [1.29, 1.82) is 0 Å². The first kappa shape index (κ1) is 19.5. The molecule has 0 saturated carbocycles. The van der Waals surface area contributed by atoms with Gasteiger partial charge in [0.2, 0.25) is 0 Å². The summed E-state index contributed by atoms with van der Waals surface area (Å²) in [6.45, 7) is 3.63. The van der Waals surface area contributed by atoms with Crippen LogP contribution in [0.1, 0.15) is 12.5 Å². The topological polar surface area (TPSA) is 68.5 Å². The number of benzene rings is 3. The molecule has 0 saturated heterocycles. The lowest BCUT2D eigenvalue weighted by molar-refractivity contribution is -0.122. The van der Waals surface area contributed by atoms with Gasteiger partial charge in [-0.25, -0.2) is 0 Å². The third kappa shape index (κ3) is 4.10. The average molecular weight is 399 g/mol. The van der Waals surface area contributed by atoms with E-state index in [1.54, 1.807) is 25.1 Å². The van der Waals surface area contributed by atoms with Crippen molar-refractivity contribution in [2.24, 2.45) is 0 Å². The SMILES string of the molecule is Cc1cccc(NC(=O)[C@@H](C)Oc2ccc3c(=O)c(-c4ccccc4)coc3c2)c1. The molecule has 1 atom stereocenters. The number of aryl methyl sites for hydroxylation is 1. The summed E-state index contributed by atoms with van der Waals surface area (Å²) in [7, 11) is 0.